The minimum Gasteiger partial charge on any atom is -0.302 e. The molecule has 15 heavy (non-hydrogen) atoms. The van der Waals surface area contributed by atoms with Crippen LogP contribution in [0.15, 0.2) is 0 Å². The highest BCUT2D eigenvalue weighted by Gasteiger charge is 2.31. The molecule has 0 spiro atoms. The summed E-state index contributed by atoms with van der Waals surface area (Å²) in [6.07, 6.45) is 0. The van der Waals surface area contributed by atoms with Crippen LogP contribution in [0.3, 0.4) is 0 Å². The molecule has 0 radical (unpaired) electrons. The summed E-state index contributed by atoms with van der Waals surface area (Å²) in [7, 11) is 2.09. The normalized spacial score (nSPS) is 12.5. The van der Waals surface area contributed by atoms with Crippen molar-refractivity contribution in [2.24, 2.45) is 7.05 Å². The summed E-state index contributed by atoms with van der Waals surface area (Å²) >= 11 is 0. The molecule has 1 rings (SSSR count). The van der Waals surface area contributed by atoms with Gasteiger partial charge in [-0.05, 0) is 27.7 Å². The Balaban J connectivity index is 3.09. The van der Waals surface area contributed by atoms with Crippen LogP contribution in [-0.4, -0.2) is 11.0 Å². The van der Waals surface area contributed by atoms with E-state index in [0.29, 0.717) is 6.04 Å². The standard InChI is InChI=1S/C12H23N3/c1-8(2)14-12(5,6)11-9(3)15(7)10(4)13-11/h8,14H,1-7H3/p+1. The molecule has 0 aliphatic carbocycles. The van der Waals surface area contributed by atoms with Crippen molar-refractivity contribution in [1.29, 1.82) is 0 Å². The minimum absolute atomic E-state index is 0.00965. The van der Waals surface area contributed by atoms with Gasteiger partial charge in [-0.1, -0.05) is 0 Å². The molecular weight excluding hydrogens is 186 g/mol. The van der Waals surface area contributed by atoms with Gasteiger partial charge in [-0.25, -0.2) is 9.55 Å². The third-order valence-corrected chi connectivity index (χ3v) is 2.95. The molecular formula is C12H24N3+. The zero-order valence-electron chi connectivity index (χ0n) is 11.0. The molecule has 0 unspecified atom stereocenters. The fourth-order valence-electron chi connectivity index (χ4n) is 2.18. The van der Waals surface area contributed by atoms with Crippen molar-refractivity contribution >= 4 is 0 Å². The van der Waals surface area contributed by atoms with E-state index in [1.807, 2.05) is 0 Å². The third-order valence-electron chi connectivity index (χ3n) is 2.95. The average molecular weight is 210 g/mol. The summed E-state index contributed by atoms with van der Waals surface area (Å²) < 4.78 is 2.19. The van der Waals surface area contributed by atoms with Crippen molar-refractivity contribution in [3.63, 3.8) is 0 Å². The molecule has 1 aromatic heterocycles. The summed E-state index contributed by atoms with van der Waals surface area (Å²) in [4.78, 5) is 3.46. The summed E-state index contributed by atoms with van der Waals surface area (Å²) in [5.41, 5.74) is 2.56. The van der Waals surface area contributed by atoms with Gasteiger partial charge in [0.1, 0.15) is 5.69 Å². The Bertz CT molecular complexity index is 348. The van der Waals surface area contributed by atoms with Crippen molar-refractivity contribution in [2.45, 2.75) is 53.1 Å². The Labute approximate surface area is 92.9 Å². The van der Waals surface area contributed by atoms with Gasteiger partial charge in [0.15, 0.2) is 5.69 Å². The van der Waals surface area contributed by atoms with Gasteiger partial charge < -0.3 is 5.32 Å². The van der Waals surface area contributed by atoms with E-state index in [-0.39, 0.29) is 5.54 Å². The maximum Gasteiger partial charge on any atom is 0.251 e. The molecule has 0 aromatic carbocycles. The lowest BCUT2D eigenvalue weighted by Gasteiger charge is -2.25. The molecule has 0 aliphatic heterocycles. The average Bonchev–Trinajstić information content (AvgIpc) is 2.31. The highest BCUT2D eigenvalue weighted by Crippen LogP contribution is 2.21. The van der Waals surface area contributed by atoms with Crippen LogP contribution in [0, 0.1) is 13.8 Å². The Morgan fingerprint density at radius 2 is 1.80 bits per heavy atom. The van der Waals surface area contributed by atoms with E-state index < -0.39 is 0 Å². The van der Waals surface area contributed by atoms with Crippen LogP contribution < -0.4 is 9.88 Å². The number of rotatable bonds is 3. The van der Waals surface area contributed by atoms with Crippen molar-refractivity contribution in [3.05, 3.63) is 17.2 Å². The number of imidazole rings is 1. The Hall–Kier alpha value is -0.830. The van der Waals surface area contributed by atoms with E-state index in [4.69, 9.17) is 0 Å². The van der Waals surface area contributed by atoms with Crippen molar-refractivity contribution < 1.29 is 4.57 Å². The number of nitrogens with one attached hydrogen (secondary N) is 2. The first-order valence-electron chi connectivity index (χ1n) is 5.59. The maximum absolute atomic E-state index is 3.57. The predicted octanol–water partition coefficient (Wildman–Crippen LogP) is 1.69. The lowest BCUT2D eigenvalue weighted by atomic mass is 9.98. The predicted molar refractivity (Wildman–Crippen MR) is 62.7 cm³/mol. The number of aromatic amines is 1. The van der Waals surface area contributed by atoms with Crippen molar-refractivity contribution in [2.75, 3.05) is 0 Å². The number of nitrogens with zero attached hydrogens (tertiary/aromatic N) is 1. The first-order valence-corrected chi connectivity index (χ1v) is 5.59. The van der Waals surface area contributed by atoms with Crippen LogP contribution in [0.5, 0.6) is 0 Å². The van der Waals surface area contributed by atoms with Crippen molar-refractivity contribution in [3.8, 4) is 0 Å². The molecule has 0 bridgehead atoms. The van der Waals surface area contributed by atoms with E-state index in [2.05, 4.69) is 63.5 Å². The summed E-state index contributed by atoms with van der Waals surface area (Å²) in [6, 6.07) is 0.480. The van der Waals surface area contributed by atoms with Gasteiger partial charge in [-0.2, -0.15) is 0 Å². The number of hydrogen-bond acceptors (Lipinski definition) is 1. The fraction of sp³-hybridized carbons (Fsp3) is 0.750. The molecule has 1 heterocycles. The molecule has 0 atom stereocenters. The second-order valence-electron chi connectivity index (χ2n) is 5.15. The monoisotopic (exact) mass is 210 g/mol. The van der Waals surface area contributed by atoms with Gasteiger partial charge in [0.25, 0.3) is 5.82 Å². The minimum atomic E-state index is -0.00965. The number of aryl methyl sites for hydroxylation is 1. The summed E-state index contributed by atoms with van der Waals surface area (Å²) in [5.74, 6) is 1.20. The smallest absolute Gasteiger partial charge is 0.251 e. The second kappa shape index (κ2) is 3.97. The fourth-order valence-corrected chi connectivity index (χ4v) is 2.18. The van der Waals surface area contributed by atoms with Crippen LogP contribution in [0.25, 0.3) is 0 Å². The Kier molecular flexibility index (Phi) is 3.24. The topological polar surface area (TPSA) is 31.7 Å². The van der Waals surface area contributed by atoms with E-state index in [1.165, 1.54) is 17.2 Å². The summed E-state index contributed by atoms with van der Waals surface area (Å²) in [5, 5.41) is 3.57. The maximum atomic E-state index is 3.57. The largest absolute Gasteiger partial charge is 0.302 e. The van der Waals surface area contributed by atoms with E-state index in [1.54, 1.807) is 0 Å². The van der Waals surface area contributed by atoms with E-state index in [9.17, 15) is 0 Å². The Morgan fingerprint density at radius 1 is 1.27 bits per heavy atom. The molecule has 0 aliphatic rings. The van der Waals surface area contributed by atoms with Gasteiger partial charge in [0, 0.05) is 19.9 Å². The highest BCUT2D eigenvalue weighted by atomic mass is 15.1. The van der Waals surface area contributed by atoms with E-state index >= 15 is 0 Å². The molecule has 0 fully saturated rings. The first-order chi connectivity index (χ1) is 6.75. The molecule has 3 nitrogen and oxygen atoms in total. The number of H-pyrrole nitrogens is 1. The van der Waals surface area contributed by atoms with Gasteiger partial charge in [0.05, 0.1) is 12.6 Å². The molecule has 2 N–H and O–H groups in total. The van der Waals surface area contributed by atoms with Crippen LogP contribution in [-0.2, 0) is 12.6 Å². The van der Waals surface area contributed by atoms with Crippen LogP contribution in [0.4, 0.5) is 0 Å². The zero-order valence-corrected chi connectivity index (χ0v) is 11.0. The molecule has 1 aromatic rings. The lowest BCUT2D eigenvalue weighted by Crippen LogP contribution is -2.42. The van der Waals surface area contributed by atoms with Gasteiger partial charge >= 0.3 is 0 Å². The second-order valence-corrected chi connectivity index (χ2v) is 5.15. The SMILES string of the molecule is Cc1[nH]c(C(C)(C)NC(C)C)c(C)[n+]1C. The van der Waals surface area contributed by atoms with Crippen LogP contribution >= 0.6 is 0 Å². The van der Waals surface area contributed by atoms with Crippen LogP contribution in [0.2, 0.25) is 0 Å². The first kappa shape index (κ1) is 12.2. The molecule has 0 saturated carbocycles. The number of aromatic nitrogens is 2. The quantitative estimate of drug-likeness (QED) is 0.731. The third kappa shape index (κ3) is 2.40. The zero-order chi connectivity index (χ0) is 11.8. The van der Waals surface area contributed by atoms with Crippen molar-refractivity contribution in [1.82, 2.24) is 10.3 Å². The highest BCUT2D eigenvalue weighted by molar-refractivity contribution is 5.16. The van der Waals surface area contributed by atoms with Crippen LogP contribution in [0.1, 0.15) is 44.9 Å². The van der Waals surface area contributed by atoms with Gasteiger partial charge in [0.2, 0.25) is 0 Å². The van der Waals surface area contributed by atoms with Gasteiger partial charge in [-0.15, -0.1) is 0 Å². The summed E-state index contributed by atoms with van der Waals surface area (Å²) in [6.45, 7) is 13.0. The molecule has 0 amide bonds. The number of hydrogen-bond donors (Lipinski definition) is 2. The van der Waals surface area contributed by atoms with Gasteiger partial charge in [-0.3, -0.25) is 0 Å². The molecule has 86 valence electrons. The molecule has 3 heteroatoms. The molecule has 0 saturated heterocycles. The van der Waals surface area contributed by atoms with E-state index in [0.717, 1.165) is 0 Å². The Morgan fingerprint density at radius 3 is 2.13 bits per heavy atom. The lowest BCUT2D eigenvalue weighted by molar-refractivity contribution is -0.682.